The molecule has 0 spiro atoms. The summed E-state index contributed by atoms with van der Waals surface area (Å²) in [7, 11) is 1.66. The van der Waals surface area contributed by atoms with Crippen LogP contribution >= 0.6 is 0 Å². The Morgan fingerprint density at radius 3 is 2.76 bits per heavy atom. The summed E-state index contributed by atoms with van der Waals surface area (Å²) in [5.74, 6) is 0.265. The van der Waals surface area contributed by atoms with Crippen molar-refractivity contribution in [2.75, 3.05) is 26.8 Å². The summed E-state index contributed by atoms with van der Waals surface area (Å²) in [6, 6.07) is 0.0414. The zero-order valence-corrected chi connectivity index (χ0v) is 13.7. The maximum atomic E-state index is 12.3. The van der Waals surface area contributed by atoms with Gasteiger partial charge in [-0.1, -0.05) is 12.8 Å². The van der Waals surface area contributed by atoms with Gasteiger partial charge in [0.2, 0.25) is 5.91 Å². The molecule has 2 atom stereocenters. The Bertz CT molecular complexity index is 333. The summed E-state index contributed by atoms with van der Waals surface area (Å²) in [6.07, 6.45) is 5.84. The molecule has 1 heterocycles. The van der Waals surface area contributed by atoms with E-state index in [1.165, 1.54) is 6.42 Å². The summed E-state index contributed by atoms with van der Waals surface area (Å²) in [6.45, 7) is 5.79. The number of rotatable bonds is 8. The predicted molar refractivity (Wildman–Crippen MR) is 83.2 cm³/mol. The first-order valence-corrected chi connectivity index (χ1v) is 8.08. The van der Waals surface area contributed by atoms with E-state index >= 15 is 0 Å². The third kappa shape index (κ3) is 6.57. The minimum Gasteiger partial charge on any atom is -0.385 e. The van der Waals surface area contributed by atoms with Crippen LogP contribution in [-0.4, -0.2) is 55.5 Å². The number of nitrogens with zero attached hydrogens (tertiary/aromatic N) is 1. The van der Waals surface area contributed by atoms with E-state index in [0.29, 0.717) is 19.6 Å². The summed E-state index contributed by atoms with van der Waals surface area (Å²) in [4.78, 5) is 26.0. The number of ketones is 1. The van der Waals surface area contributed by atoms with Gasteiger partial charge in [0, 0.05) is 32.7 Å². The SMILES string of the molecule is COCCCNC(=O)C(C)N1CCCCCC1CC(C)=O. The van der Waals surface area contributed by atoms with Crippen LogP contribution in [-0.2, 0) is 14.3 Å². The third-order valence-electron chi connectivity index (χ3n) is 4.15. The van der Waals surface area contributed by atoms with Crippen molar-refractivity contribution in [1.29, 1.82) is 0 Å². The Balaban J connectivity index is 2.55. The third-order valence-corrected chi connectivity index (χ3v) is 4.15. The number of carbonyl (C=O) groups is 2. The maximum absolute atomic E-state index is 12.3. The molecular formula is C16H30N2O3. The number of methoxy groups -OCH3 is 1. The first kappa shape index (κ1) is 18.1. The average molecular weight is 298 g/mol. The highest BCUT2D eigenvalue weighted by molar-refractivity contribution is 5.81. The normalized spacial score (nSPS) is 21.6. The second kappa shape index (κ2) is 9.90. The summed E-state index contributed by atoms with van der Waals surface area (Å²) < 4.78 is 4.98. The molecule has 1 aliphatic rings. The number of hydrogen-bond donors (Lipinski definition) is 1. The molecule has 5 nitrogen and oxygen atoms in total. The lowest BCUT2D eigenvalue weighted by Gasteiger charge is -2.34. The molecule has 0 radical (unpaired) electrons. The van der Waals surface area contributed by atoms with Crippen LogP contribution < -0.4 is 5.32 Å². The van der Waals surface area contributed by atoms with Gasteiger partial charge in [-0.25, -0.2) is 0 Å². The van der Waals surface area contributed by atoms with E-state index in [-0.39, 0.29) is 23.8 Å². The van der Waals surface area contributed by atoms with Crippen LogP contribution in [0.4, 0.5) is 0 Å². The molecule has 122 valence electrons. The second-order valence-electron chi connectivity index (χ2n) is 5.96. The van der Waals surface area contributed by atoms with Gasteiger partial charge in [0.1, 0.15) is 5.78 Å². The van der Waals surface area contributed by atoms with Gasteiger partial charge < -0.3 is 10.1 Å². The maximum Gasteiger partial charge on any atom is 0.237 e. The van der Waals surface area contributed by atoms with Gasteiger partial charge in [-0.05, 0) is 39.7 Å². The molecule has 0 aliphatic carbocycles. The zero-order valence-electron chi connectivity index (χ0n) is 13.7. The van der Waals surface area contributed by atoms with Gasteiger partial charge in [0.05, 0.1) is 6.04 Å². The largest absolute Gasteiger partial charge is 0.385 e. The molecule has 0 aromatic carbocycles. The molecule has 1 rings (SSSR count). The quantitative estimate of drug-likeness (QED) is 0.694. The van der Waals surface area contributed by atoms with Crippen molar-refractivity contribution in [3.63, 3.8) is 0 Å². The van der Waals surface area contributed by atoms with E-state index in [9.17, 15) is 9.59 Å². The lowest BCUT2D eigenvalue weighted by molar-refractivity contribution is -0.128. The van der Waals surface area contributed by atoms with Gasteiger partial charge in [-0.3, -0.25) is 14.5 Å². The van der Waals surface area contributed by atoms with E-state index in [0.717, 1.165) is 32.2 Å². The Hall–Kier alpha value is -0.940. The van der Waals surface area contributed by atoms with Crippen molar-refractivity contribution in [2.24, 2.45) is 0 Å². The van der Waals surface area contributed by atoms with Gasteiger partial charge in [-0.15, -0.1) is 0 Å². The first-order valence-electron chi connectivity index (χ1n) is 8.08. The molecule has 2 unspecified atom stereocenters. The number of likely N-dealkylation sites (tertiary alicyclic amines) is 1. The fourth-order valence-electron chi connectivity index (χ4n) is 2.99. The zero-order chi connectivity index (χ0) is 15.7. The first-order chi connectivity index (χ1) is 10.1. The van der Waals surface area contributed by atoms with Crippen LogP contribution in [0.3, 0.4) is 0 Å². The van der Waals surface area contributed by atoms with Crippen molar-refractivity contribution < 1.29 is 14.3 Å². The number of Topliss-reactive ketones (excluding diaryl/α,β-unsaturated/α-hetero) is 1. The number of nitrogens with one attached hydrogen (secondary N) is 1. The molecule has 5 heteroatoms. The number of ether oxygens (including phenoxy) is 1. The molecule has 1 aliphatic heterocycles. The number of amides is 1. The van der Waals surface area contributed by atoms with E-state index in [2.05, 4.69) is 10.2 Å². The fraction of sp³-hybridized carbons (Fsp3) is 0.875. The Labute approximate surface area is 128 Å². The van der Waals surface area contributed by atoms with E-state index in [4.69, 9.17) is 4.74 Å². The van der Waals surface area contributed by atoms with Crippen molar-refractivity contribution in [1.82, 2.24) is 10.2 Å². The van der Waals surface area contributed by atoms with E-state index in [1.54, 1.807) is 14.0 Å². The molecule has 0 bridgehead atoms. The molecule has 1 N–H and O–H groups in total. The predicted octanol–water partition coefficient (Wildman–Crippen LogP) is 1.75. The molecule has 0 aromatic heterocycles. The topological polar surface area (TPSA) is 58.6 Å². The average Bonchev–Trinajstić information content (AvgIpc) is 2.67. The molecule has 0 saturated carbocycles. The lowest BCUT2D eigenvalue weighted by atomic mass is 10.0. The fourth-order valence-corrected chi connectivity index (χ4v) is 2.99. The van der Waals surface area contributed by atoms with Crippen LogP contribution in [0.25, 0.3) is 0 Å². The van der Waals surface area contributed by atoms with Crippen molar-refractivity contribution >= 4 is 11.7 Å². The summed E-state index contributed by atoms with van der Waals surface area (Å²) in [5, 5.41) is 2.96. The van der Waals surface area contributed by atoms with Gasteiger partial charge in [0.25, 0.3) is 0 Å². The van der Waals surface area contributed by atoms with Gasteiger partial charge in [-0.2, -0.15) is 0 Å². The molecule has 1 saturated heterocycles. The van der Waals surface area contributed by atoms with Gasteiger partial charge in [0.15, 0.2) is 0 Å². The van der Waals surface area contributed by atoms with Crippen molar-refractivity contribution in [2.45, 2.75) is 64.5 Å². The minimum atomic E-state index is -0.171. The monoisotopic (exact) mass is 298 g/mol. The highest BCUT2D eigenvalue weighted by atomic mass is 16.5. The highest BCUT2D eigenvalue weighted by Gasteiger charge is 2.29. The van der Waals surface area contributed by atoms with Gasteiger partial charge >= 0.3 is 0 Å². The summed E-state index contributed by atoms with van der Waals surface area (Å²) in [5.41, 5.74) is 0. The molecular weight excluding hydrogens is 268 g/mol. The van der Waals surface area contributed by atoms with E-state index in [1.807, 2.05) is 6.92 Å². The Kier molecular flexibility index (Phi) is 8.54. The van der Waals surface area contributed by atoms with E-state index < -0.39 is 0 Å². The van der Waals surface area contributed by atoms with Crippen LogP contribution in [0.2, 0.25) is 0 Å². The number of carbonyl (C=O) groups excluding carboxylic acids is 2. The van der Waals surface area contributed by atoms with Crippen molar-refractivity contribution in [3.05, 3.63) is 0 Å². The van der Waals surface area contributed by atoms with Crippen LogP contribution in [0.1, 0.15) is 52.4 Å². The molecule has 21 heavy (non-hydrogen) atoms. The lowest BCUT2D eigenvalue weighted by Crippen LogP contribution is -2.50. The van der Waals surface area contributed by atoms with Crippen LogP contribution in [0.5, 0.6) is 0 Å². The second-order valence-corrected chi connectivity index (χ2v) is 5.96. The van der Waals surface area contributed by atoms with Crippen LogP contribution in [0, 0.1) is 0 Å². The smallest absolute Gasteiger partial charge is 0.237 e. The van der Waals surface area contributed by atoms with Crippen LogP contribution in [0.15, 0.2) is 0 Å². The molecule has 1 amide bonds. The Morgan fingerprint density at radius 1 is 1.33 bits per heavy atom. The summed E-state index contributed by atoms with van der Waals surface area (Å²) >= 11 is 0. The molecule has 1 fully saturated rings. The molecule has 0 aromatic rings. The highest BCUT2D eigenvalue weighted by Crippen LogP contribution is 2.22. The standard InChI is InChI=1S/C16H30N2O3/c1-13(19)12-15-8-5-4-6-10-18(15)14(2)16(20)17-9-7-11-21-3/h14-15H,4-12H2,1-3H3,(H,17,20). The minimum absolute atomic E-state index is 0.0570. The number of hydrogen-bond acceptors (Lipinski definition) is 4. The van der Waals surface area contributed by atoms with Crippen molar-refractivity contribution in [3.8, 4) is 0 Å². The Morgan fingerprint density at radius 2 is 2.10 bits per heavy atom.